The molecule has 17 heavy (non-hydrogen) atoms. The van der Waals surface area contributed by atoms with E-state index in [1.54, 1.807) is 0 Å². The van der Waals surface area contributed by atoms with Crippen molar-refractivity contribution in [3.05, 3.63) is 42.1 Å². The Labute approximate surface area is 98.8 Å². The van der Waals surface area contributed by atoms with Gasteiger partial charge in [0.25, 0.3) is 0 Å². The molecule has 1 aliphatic carbocycles. The molecule has 0 aliphatic heterocycles. The maximum atomic E-state index is 10.9. The minimum absolute atomic E-state index is 0.422. The van der Waals surface area contributed by atoms with E-state index in [9.17, 15) is 4.79 Å². The van der Waals surface area contributed by atoms with Gasteiger partial charge in [-0.15, -0.1) is 0 Å². The number of fused-ring (bicyclic) bond motifs is 1. The maximum Gasteiger partial charge on any atom is 0.328 e. The second-order valence-corrected chi connectivity index (χ2v) is 4.46. The van der Waals surface area contributed by atoms with Crippen LogP contribution in [0.25, 0.3) is 16.5 Å². The number of carboxylic acids is 1. The number of H-pyrrole nitrogens is 1. The molecule has 0 radical (unpaired) electrons. The molecule has 3 nitrogen and oxygen atoms in total. The van der Waals surface area contributed by atoms with Gasteiger partial charge in [0.2, 0.25) is 0 Å². The lowest BCUT2D eigenvalue weighted by atomic mass is 10.0. The summed E-state index contributed by atoms with van der Waals surface area (Å²) in [6.07, 6.45) is 5.46. The van der Waals surface area contributed by atoms with E-state index in [-0.39, 0.29) is 0 Å². The highest BCUT2D eigenvalue weighted by molar-refractivity contribution is 5.99. The third-order valence-electron chi connectivity index (χ3n) is 3.20. The number of para-hydroxylation sites is 1. The largest absolute Gasteiger partial charge is 0.478 e. The number of carboxylic acid groups (broad SMARTS) is 1. The first-order valence-electron chi connectivity index (χ1n) is 5.76. The number of benzene rings is 1. The molecule has 1 saturated carbocycles. The zero-order valence-corrected chi connectivity index (χ0v) is 9.31. The summed E-state index contributed by atoms with van der Waals surface area (Å²) in [6, 6.07) is 7.98. The van der Waals surface area contributed by atoms with Gasteiger partial charge in [-0.1, -0.05) is 18.2 Å². The summed E-state index contributed by atoms with van der Waals surface area (Å²) in [5, 5.41) is 10.0. The fraction of sp³-hybridized carbons (Fsp3) is 0.214. The first-order chi connectivity index (χ1) is 8.25. The Bertz CT molecular complexity index is 605. The molecule has 0 unspecified atom stereocenters. The monoisotopic (exact) mass is 227 g/mol. The molecular weight excluding hydrogens is 214 g/mol. The lowest BCUT2D eigenvalue weighted by Crippen LogP contribution is -1.93. The van der Waals surface area contributed by atoms with Crippen LogP contribution in [0.15, 0.2) is 36.5 Å². The average Bonchev–Trinajstić information content (AvgIpc) is 3.06. The number of carbonyl (C=O) groups is 1. The number of aliphatic carboxylic acids is 1. The maximum absolute atomic E-state index is 10.9. The van der Waals surface area contributed by atoms with Crippen molar-refractivity contribution in [1.29, 1.82) is 0 Å². The van der Waals surface area contributed by atoms with E-state index in [2.05, 4.69) is 4.98 Å². The van der Waals surface area contributed by atoms with Gasteiger partial charge in [0.1, 0.15) is 0 Å². The number of hydrogen-bond acceptors (Lipinski definition) is 1. The van der Waals surface area contributed by atoms with Crippen molar-refractivity contribution in [2.24, 2.45) is 5.92 Å². The summed E-state index contributed by atoms with van der Waals surface area (Å²) in [5.41, 5.74) is 3.04. The van der Waals surface area contributed by atoms with Crippen LogP contribution in [0.1, 0.15) is 18.4 Å². The molecule has 3 rings (SSSR count). The van der Waals surface area contributed by atoms with Crippen LogP contribution >= 0.6 is 0 Å². The van der Waals surface area contributed by atoms with E-state index in [0.717, 1.165) is 34.9 Å². The minimum Gasteiger partial charge on any atom is -0.478 e. The van der Waals surface area contributed by atoms with Crippen LogP contribution in [0.3, 0.4) is 0 Å². The highest BCUT2D eigenvalue weighted by Gasteiger charge is 2.28. The Morgan fingerprint density at radius 1 is 1.35 bits per heavy atom. The predicted octanol–water partition coefficient (Wildman–Crippen LogP) is 3.05. The molecule has 0 bridgehead atoms. The normalized spacial score (nSPS) is 16.4. The third kappa shape index (κ3) is 1.84. The molecular formula is C14H13NO2. The smallest absolute Gasteiger partial charge is 0.328 e. The van der Waals surface area contributed by atoms with Crippen molar-refractivity contribution in [2.75, 3.05) is 0 Å². The molecule has 2 N–H and O–H groups in total. The van der Waals surface area contributed by atoms with Crippen LogP contribution in [0.5, 0.6) is 0 Å². The quantitative estimate of drug-likeness (QED) is 0.792. The van der Waals surface area contributed by atoms with Gasteiger partial charge < -0.3 is 10.1 Å². The number of nitrogens with one attached hydrogen (secondary N) is 1. The van der Waals surface area contributed by atoms with E-state index in [4.69, 9.17) is 5.11 Å². The lowest BCUT2D eigenvalue weighted by molar-refractivity contribution is -0.131. The molecule has 1 heterocycles. The van der Waals surface area contributed by atoms with Gasteiger partial charge in [0, 0.05) is 28.7 Å². The van der Waals surface area contributed by atoms with Crippen molar-refractivity contribution in [3.63, 3.8) is 0 Å². The predicted molar refractivity (Wildman–Crippen MR) is 66.6 cm³/mol. The Kier molecular flexibility index (Phi) is 2.25. The number of aromatic amines is 1. The van der Waals surface area contributed by atoms with Crippen LogP contribution in [-0.4, -0.2) is 16.1 Å². The molecule has 2 aromatic rings. The molecule has 1 fully saturated rings. The van der Waals surface area contributed by atoms with Gasteiger partial charge in [-0.2, -0.15) is 0 Å². The van der Waals surface area contributed by atoms with Gasteiger partial charge in [-0.05, 0) is 30.4 Å². The van der Waals surface area contributed by atoms with Gasteiger partial charge in [-0.3, -0.25) is 0 Å². The van der Waals surface area contributed by atoms with Crippen molar-refractivity contribution >= 4 is 22.4 Å². The van der Waals surface area contributed by atoms with E-state index in [1.165, 1.54) is 6.08 Å². The molecule has 0 amide bonds. The lowest BCUT2D eigenvalue weighted by Gasteiger charge is -2.03. The number of rotatable bonds is 3. The summed E-state index contributed by atoms with van der Waals surface area (Å²) in [7, 11) is 0. The second kappa shape index (κ2) is 3.77. The molecule has 86 valence electrons. The third-order valence-corrected chi connectivity index (χ3v) is 3.20. The zero-order chi connectivity index (χ0) is 11.8. The zero-order valence-electron chi connectivity index (χ0n) is 9.31. The highest BCUT2D eigenvalue weighted by Crippen LogP contribution is 2.43. The summed E-state index contributed by atoms with van der Waals surface area (Å²) in [4.78, 5) is 14.1. The van der Waals surface area contributed by atoms with Crippen LogP contribution in [0, 0.1) is 5.92 Å². The summed E-state index contributed by atoms with van der Waals surface area (Å²) in [5.74, 6) is -0.442. The van der Waals surface area contributed by atoms with Crippen molar-refractivity contribution < 1.29 is 9.90 Å². The Balaban J connectivity index is 2.15. The van der Waals surface area contributed by atoms with Crippen molar-refractivity contribution in [1.82, 2.24) is 4.98 Å². The van der Waals surface area contributed by atoms with Crippen LogP contribution in [0.2, 0.25) is 0 Å². The molecule has 0 atom stereocenters. The second-order valence-electron chi connectivity index (χ2n) is 4.46. The van der Waals surface area contributed by atoms with E-state index < -0.39 is 5.97 Å². The Morgan fingerprint density at radius 2 is 2.12 bits per heavy atom. The average molecular weight is 227 g/mol. The van der Waals surface area contributed by atoms with Crippen molar-refractivity contribution in [3.8, 4) is 0 Å². The first-order valence-corrected chi connectivity index (χ1v) is 5.76. The Morgan fingerprint density at radius 3 is 2.82 bits per heavy atom. The highest BCUT2D eigenvalue weighted by atomic mass is 16.4. The standard InChI is InChI=1S/C14H13NO2/c16-14(17)7-11(9-5-6-9)12-8-15-13-4-2-1-3-10(12)13/h1-4,7-9,15H,5-6H2,(H,16,17)/b11-7+. The van der Waals surface area contributed by atoms with Gasteiger partial charge in [-0.25, -0.2) is 4.79 Å². The SMILES string of the molecule is O=C(O)/C=C(/c1c[nH]c2ccccc12)C1CC1. The van der Waals surface area contributed by atoms with E-state index >= 15 is 0 Å². The fourth-order valence-corrected chi connectivity index (χ4v) is 2.25. The molecule has 1 aromatic heterocycles. The number of hydrogen-bond donors (Lipinski definition) is 2. The van der Waals surface area contributed by atoms with Crippen LogP contribution in [0.4, 0.5) is 0 Å². The number of allylic oxidation sites excluding steroid dienone is 1. The van der Waals surface area contributed by atoms with Gasteiger partial charge in [0.15, 0.2) is 0 Å². The van der Waals surface area contributed by atoms with Crippen LogP contribution < -0.4 is 0 Å². The van der Waals surface area contributed by atoms with Crippen molar-refractivity contribution in [2.45, 2.75) is 12.8 Å². The van der Waals surface area contributed by atoms with Gasteiger partial charge in [0.05, 0.1) is 0 Å². The summed E-state index contributed by atoms with van der Waals surface area (Å²) in [6.45, 7) is 0. The van der Waals surface area contributed by atoms with E-state index in [1.807, 2.05) is 30.5 Å². The molecule has 1 aromatic carbocycles. The molecule has 3 heteroatoms. The Hall–Kier alpha value is -2.03. The molecule has 0 spiro atoms. The topological polar surface area (TPSA) is 53.1 Å². The summed E-state index contributed by atoms with van der Waals surface area (Å²) >= 11 is 0. The fourth-order valence-electron chi connectivity index (χ4n) is 2.25. The minimum atomic E-state index is -0.864. The van der Waals surface area contributed by atoms with E-state index in [0.29, 0.717) is 5.92 Å². The van der Waals surface area contributed by atoms with Gasteiger partial charge >= 0.3 is 5.97 Å². The number of aromatic nitrogens is 1. The molecule has 0 saturated heterocycles. The first kappa shape index (κ1) is 10.1. The molecule has 1 aliphatic rings. The van der Waals surface area contributed by atoms with Crippen LogP contribution in [-0.2, 0) is 4.79 Å². The summed E-state index contributed by atoms with van der Waals surface area (Å²) < 4.78 is 0.